The van der Waals surface area contributed by atoms with Gasteiger partial charge in [0.2, 0.25) is 0 Å². The molecule has 94 valence electrons. The van der Waals surface area contributed by atoms with Gasteiger partial charge in [-0.05, 0) is 24.7 Å². The highest BCUT2D eigenvalue weighted by Gasteiger charge is 2.37. The molecule has 2 heteroatoms. The summed E-state index contributed by atoms with van der Waals surface area (Å²) in [5.41, 5.74) is 0.290. The first-order chi connectivity index (χ1) is 7.57. The molecule has 2 aliphatic rings. The van der Waals surface area contributed by atoms with Crippen LogP contribution in [0.25, 0.3) is 0 Å². The monoisotopic (exact) mass is 225 g/mol. The van der Waals surface area contributed by atoms with E-state index in [1.807, 2.05) is 0 Å². The minimum atomic E-state index is 0.290. The zero-order chi connectivity index (χ0) is 11.6. The van der Waals surface area contributed by atoms with Gasteiger partial charge < -0.3 is 10.1 Å². The fraction of sp³-hybridized carbons (Fsp3) is 1.00. The smallest absolute Gasteiger partial charge is 0.0664 e. The van der Waals surface area contributed by atoms with Crippen LogP contribution in [0.5, 0.6) is 0 Å². The van der Waals surface area contributed by atoms with E-state index >= 15 is 0 Å². The summed E-state index contributed by atoms with van der Waals surface area (Å²) in [4.78, 5) is 0. The lowest BCUT2D eigenvalue weighted by molar-refractivity contribution is 0.00682. The minimum absolute atomic E-state index is 0.290. The van der Waals surface area contributed by atoms with Crippen molar-refractivity contribution < 1.29 is 4.74 Å². The van der Waals surface area contributed by atoms with E-state index in [0.717, 1.165) is 25.1 Å². The molecule has 0 aromatic rings. The number of hydrogen-bond donors (Lipinski definition) is 1. The molecule has 16 heavy (non-hydrogen) atoms. The first-order valence-corrected chi connectivity index (χ1v) is 6.92. The molecule has 2 atom stereocenters. The Kier molecular flexibility index (Phi) is 3.91. The van der Waals surface area contributed by atoms with Crippen LogP contribution in [0.1, 0.15) is 52.9 Å². The molecule has 2 fully saturated rings. The Bertz CT molecular complexity index is 215. The Balaban J connectivity index is 1.79. The van der Waals surface area contributed by atoms with Gasteiger partial charge in [-0.2, -0.15) is 0 Å². The summed E-state index contributed by atoms with van der Waals surface area (Å²) >= 11 is 0. The van der Waals surface area contributed by atoms with Gasteiger partial charge in [0.15, 0.2) is 0 Å². The van der Waals surface area contributed by atoms with Crippen molar-refractivity contribution in [3.63, 3.8) is 0 Å². The summed E-state index contributed by atoms with van der Waals surface area (Å²) in [5, 5.41) is 3.75. The summed E-state index contributed by atoms with van der Waals surface area (Å²) in [6.45, 7) is 9.01. The fourth-order valence-corrected chi connectivity index (χ4v) is 3.25. The predicted molar refractivity (Wildman–Crippen MR) is 67.6 cm³/mol. The van der Waals surface area contributed by atoms with Crippen LogP contribution >= 0.6 is 0 Å². The summed E-state index contributed by atoms with van der Waals surface area (Å²) in [5.74, 6) is 0.723. The van der Waals surface area contributed by atoms with E-state index in [9.17, 15) is 0 Å². The molecule has 0 bridgehead atoms. The summed E-state index contributed by atoms with van der Waals surface area (Å²) in [6, 6.07) is 0.793. The molecule has 2 rings (SSSR count). The average Bonchev–Trinajstić information content (AvgIpc) is 2.85. The van der Waals surface area contributed by atoms with Crippen LogP contribution in [0.2, 0.25) is 0 Å². The first kappa shape index (κ1) is 12.4. The Morgan fingerprint density at radius 2 is 1.81 bits per heavy atom. The maximum absolute atomic E-state index is 5.91. The van der Waals surface area contributed by atoms with E-state index in [4.69, 9.17) is 4.74 Å². The SMILES string of the molecule is CC(C)(C)C1OCCC1CNC1CCCC1. The lowest BCUT2D eigenvalue weighted by Crippen LogP contribution is -2.39. The van der Waals surface area contributed by atoms with Gasteiger partial charge in [0.25, 0.3) is 0 Å². The quantitative estimate of drug-likeness (QED) is 0.797. The van der Waals surface area contributed by atoms with Crippen molar-refractivity contribution in [1.82, 2.24) is 5.32 Å². The van der Waals surface area contributed by atoms with Gasteiger partial charge in [0, 0.05) is 25.1 Å². The van der Waals surface area contributed by atoms with Crippen molar-refractivity contribution in [2.75, 3.05) is 13.2 Å². The number of hydrogen-bond acceptors (Lipinski definition) is 2. The second-order valence-electron chi connectivity index (χ2n) is 6.60. The van der Waals surface area contributed by atoms with Gasteiger partial charge in [-0.25, -0.2) is 0 Å². The van der Waals surface area contributed by atoms with E-state index in [0.29, 0.717) is 11.5 Å². The summed E-state index contributed by atoms with van der Waals surface area (Å²) in [6.07, 6.45) is 7.29. The molecule has 0 amide bonds. The highest BCUT2D eigenvalue weighted by atomic mass is 16.5. The van der Waals surface area contributed by atoms with Crippen LogP contribution in [0.15, 0.2) is 0 Å². The Morgan fingerprint density at radius 3 is 2.44 bits per heavy atom. The normalized spacial score (nSPS) is 32.4. The molecule has 2 unspecified atom stereocenters. The fourth-order valence-electron chi connectivity index (χ4n) is 3.25. The molecule has 1 saturated heterocycles. The largest absolute Gasteiger partial charge is 0.377 e. The average molecular weight is 225 g/mol. The van der Waals surface area contributed by atoms with Crippen LogP contribution in [-0.2, 0) is 4.74 Å². The third kappa shape index (κ3) is 2.98. The van der Waals surface area contributed by atoms with Crippen LogP contribution in [-0.4, -0.2) is 25.3 Å². The maximum Gasteiger partial charge on any atom is 0.0664 e. The molecule has 1 heterocycles. The van der Waals surface area contributed by atoms with Crippen LogP contribution in [0.4, 0.5) is 0 Å². The van der Waals surface area contributed by atoms with Gasteiger partial charge >= 0.3 is 0 Å². The molecule has 1 aliphatic carbocycles. The van der Waals surface area contributed by atoms with Crippen molar-refractivity contribution >= 4 is 0 Å². The molecular formula is C14H27NO. The van der Waals surface area contributed by atoms with Gasteiger partial charge in [-0.15, -0.1) is 0 Å². The lowest BCUT2D eigenvalue weighted by Gasteiger charge is -2.31. The molecule has 1 aliphatic heterocycles. The topological polar surface area (TPSA) is 21.3 Å². The number of rotatable bonds is 3. The van der Waals surface area contributed by atoms with E-state index in [-0.39, 0.29) is 0 Å². The van der Waals surface area contributed by atoms with Crippen molar-refractivity contribution in [3.8, 4) is 0 Å². The summed E-state index contributed by atoms with van der Waals surface area (Å²) in [7, 11) is 0. The van der Waals surface area contributed by atoms with Gasteiger partial charge in [0.1, 0.15) is 0 Å². The minimum Gasteiger partial charge on any atom is -0.377 e. The van der Waals surface area contributed by atoms with Crippen LogP contribution in [0, 0.1) is 11.3 Å². The maximum atomic E-state index is 5.91. The molecule has 0 aromatic carbocycles. The van der Waals surface area contributed by atoms with E-state index in [1.54, 1.807) is 0 Å². The van der Waals surface area contributed by atoms with Crippen molar-refractivity contribution in [1.29, 1.82) is 0 Å². The van der Waals surface area contributed by atoms with Gasteiger partial charge in [0.05, 0.1) is 6.10 Å². The highest BCUT2D eigenvalue weighted by molar-refractivity contribution is 4.88. The van der Waals surface area contributed by atoms with Crippen LogP contribution in [0.3, 0.4) is 0 Å². The number of ether oxygens (including phenoxy) is 1. The second-order valence-corrected chi connectivity index (χ2v) is 6.60. The molecule has 0 spiro atoms. The standard InChI is InChI=1S/C14H27NO/c1-14(2,3)13-11(8-9-16-13)10-15-12-6-4-5-7-12/h11-13,15H,4-10H2,1-3H3. The first-order valence-electron chi connectivity index (χ1n) is 6.92. The third-order valence-electron chi connectivity index (χ3n) is 4.09. The Hall–Kier alpha value is -0.0800. The zero-order valence-corrected chi connectivity index (χ0v) is 11.1. The Labute approximate surface area is 100 Å². The van der Waals surface area contributed by atoms with Crippen LogP contribution < -0.4 is 5.32 Å². The molecule has 2 nitrogen and oxygen atoms in total. The summed E-state index contributed by atoms with van der Waals surface area (Å²) < 4.78 is 5.91. The van der Waals surface area contributed by atoms with E-state index < -0.39 is 0 Å². The van der Waals surface area contributed by atoms with E-state index in [2.05, 4.69) is 26.1 Å². The van der Waals surface area contributed by atoms with Crippen molar-refractivity contribution in [2.24, 2.45) is 11.3 Å². The second kappa shape index (κ2) is 5.05. The lowest BCUT2D eigenvalue weighted by atomic mass is 9.81. The Morgan fingerprint density at radius 1 is 1.12 bits per heavy atom. The molecule has 0 radical (unpaired) electrons. The predicted octanol–water partition coefficient (Wildman–Crippen LogP) is 2.97. The van der Waals surface area contributed by atoms with Crippen molar-refractivity contribution in [2.45, 2.75) is 65.0 Å². The van der Waals surface area contributed by atoms with E-state index in [1.165, 1.54) is 32.1 Å². The highest BCUT2D eigenvalue weighted by Crippen LogP contribution is 2.34. The van der Waals surface area contributed by atoms with Crippen molar-refractivity contribution in [3.05, 3.63) is 0 Å². The molecular weight excluding hydrogens is 198 g/mol. The number of nitrogens with one attached hydrogen (secondary N) is 1. The van der Waals surface area contributed by atoms with Gasteiger partial charge in [-0.3, -0.25) is 0 Å². The molecule has 1 saturated carbocycles. The zero-order valence-electron chi connectivity index (χ0n) is 11.1. The van der Waals surface area contributed by atoms with Gasteiger partial charge in [-0.1, -0.05) is 33.6 Å². The molecule has 0 aromatic heterocycles. The third-order valence-corrected chi connectivity index (χ3v) is 4.09. The molecule has 1 N–H and O–H groups in total.